The molecule has 0 unspecified atom stereocenters. The zero-order valence-electron chi connectivity index (χ0n) is 17.8. The summed E-state index contributed by atoms with van der Waals surface area (Å²) in [6, 6.07) is 5.58. The van der Waals surface area contributed by atoms with Gasteiger partial charge < -0.3 is 10.6 Å². The molecule has 0 spiro atoms. The number of para-hydroxylation sites is 1. The number of carbonyl (C=O) groups excluding carboxylic acids is 3. The molecule has 2 aliphatic rings. The van der Waals surface area contributed by atoms with Gasteiger partial charge in [-0.15, -0.1) is 12.4 Å². The molecular formula is C20H28ClN7O3. The second kappa shape index (κ2) is 9.21. The molecule has 0 radical (unpaired) electrons. The van der Waals surface area contributed by atoms with Crippen LogP contribution in [0.15, 0.2) is 18.2 Å². The van der Waals surface area contributed by atoms with Gasteiger partial charge in [0.15, 0.2) is 5.82 Å². The van der Waals surface area contributed by atoms with Crippen LogP contribution in [0.1, 0.15) is 20.3 Å². The number of amides is 4. The lowest BCUT2D eigenvalue weighted by atomic mass is 10.1. The van der Waals surface area contributed by atoms with Gasteiger partial charge in [-0.2, -0.15) is 5.10 Å². The Morgan fingerprint density at radius 3 is 2.61 bits per heavy atom. The van der Waals surface area contributed by atoms with E-state index in [1.807, 2.05) is 18.2 Å². The largest absolute Gasteiger partial charge is 0.329 e. The second-order valence-electron chi connectivity index (χ2n) is 7.98. The number of nitrogens with one attached hydrogen (secondary N) is 3. The Morgan fingerprint density at radius 2 is 1.94 bits per heavy atom. The highest BCUT2D eigenvalue weighted by molar-refractivity contribution is 6.11. The molecule has 2 aliphatic heterocycles. The lowest BCUT2D eigenvalue weighted by Gasteiger charge is -2.38. The van der Waals surface area contributed by atoms with Crippen LogP contribution in [0, 0.1) is 0 Å². The number of aromatic nitrogens is 2. The molecule has 1 aromatic heterocycles. The van der Waals surface area contributed by atoms with Crippen molar-refractivity contribution in [3.05, 3.63) is 18.2 Å². The van der Waals surface area contributed by atoms with Crippen molar-refractivity contribution >= 4 is 52.7 Å². The molecule has 0 aliphatic carbocycles. The number of imide groups is 1. The summed E-state index contributed by atoms with van der Waals surface area (Å²) in [5.74, 6) is 0.0888. The molecule has 0 bridgehead atoms. The van der Waals surface area contributed by atoms with E-state index in [0.717, 1.165) is 24.0 Å². The van der Waals surface area contributed by atoms with E-state index >= 15 is 0 Å². The maximum absolute atomic E-state index is 12.8. The minimum Gasteiger partial charge on any atom is -0.323 e. The predicted molar refractivity (Wildman–Crippen MR) is 121 cm³/mol. The van der Waals surface area contributed by atoms with Gasteiger partial charge in [0.1, 0.15) is 0 Å². The Balaban J connectivity index is 0.00000272. The fourth-order valence-electron chi connectivity index (χ4n) is 4.22. The van der Waals surface area contributed by atoms with Crippen molar-refractivity contribution in [1.82, 2.24) is 25.3 Å². The monoisotopic (exact) mass is 449 g/mol. The van der Waals surface area contributed by atoms with Crippen molar-refractivity contribution in [3.8, 4) is 0 Å². The highest BCUT2D eigenvalue weighted by Gasteiger charge is 2.29. The molecule has 1 aromatic carbocycles. The van der Waals surface area contributed by atoms with Crippen LogP contribution in [-0.4, -0.2) is 70.8 Å². The molecule has 3 N–H and O–H groups in total. The first-order valence-electron chi connectivity index (χ1n) is 10.2. The lowest BCUT2D eigenvalue weighted by molar-refractivity contribution is -0.120. The molecule has 4 amide bonds. The summed E-state index contributed by atoms with van der Waals surface area (Å²) in [6.45, 7) is 6.52. The molecule has 2 aromatic rings. The Bertz CT molecular complexity index is 998. The minimum atomic E-state index is -0.484. The third kappa shape index (κ3) is 4.51. The van der Waals surface area contributed by atoms with Gasteiger partial charge in [-0.25, -0.2) is 4.79 Å². The number of piperazine rings is 1. The van der Waals surface area contributed by atoms with Gasteiger partial charge in [-0.3, -0.25) is 29.4 Å². The van der Waals surface area contributed by atoms with Crippen LogP contribution in [-0.2, 0) is 16.6 Å². The van der Waals surface area contributed by atoms with Crippen LogP contribution >= 0.6 is 12.4 Å². The quantitative estimate of drug-likeness (QED) is 0.643. The van der Waals surface area contributed by atoms with Crippen molar-refractivity contribution in [1.29, 1.82) is 0 Å². The molecule has 2 saturated heterocycles. The van der Waals surface area contributed by atoms with E-state index in [9.17, 15) is 14.4 Å². The van der Waals surface area contributed by atoms with Gasteiger partial charge in [-0.05, 0) is 26.0 Å². The van der Waals surface area contributed by atoms with Crippen molar-refractivity contribution in [2.75, 3.05) is 36.4 Å². The summed E-state index contributed by atoms with van der Waals surface area (Å²) in [4.78, 5) is 40.2. The molecule has 2 atom stereocenters. The number of halogens is 1. The van der Waals surface area contributed by atoms with E-state index < -0.39 is 6.03 Å². The maximum atomic E-state index is 12.8. The molecular weight excluding hydrogens is 422 g/mol. The first kappa shape index (κ1) is 23.0. The van der Waals surface area contributed by atoms with Crippen LogP contribution in [0.3, 0.4) is 0 Å². The molecule has 0 saturated carbocycles. The number of carbonyl (C=O) groups is 3. The third-order valence-corrected chi connectivity index (χ3v) is 5.77. The fourth-order valence-corrected chi connectivity index (χ4v) is 4.22. The molecule has 3 heterocycles. The Hall–Kier alpha value is -2.69. The fraction of sp³-hybridized carbons (Fsp3) is 0.500. The van der Waals surface area contributed by atoms with Crippen molar-refractivity contribution in [2.45, 2.75) is 32.4 Å². The number of hydrogen-bond donors (Lipinski definition) is 3. The molecule has 31 heavy (non-hydrogen) atoms. The van der Waals surface area contributed by atoms with Crippen LogP contribution in [0.2, 0.25) is 0 Å². The summed E-state index contributed by atoms with van der Waals surface area (Å²) < 4.78 is 1.65. The van der Waals surface area contributed by atoms with E-state index in [1.165, 1.54) is 4.90 Å². The summed E-state index contributed by atoms with van der Waals surface area (Å²) in [5.41, 5.74) is 1.37. The number of aryl methyl sites for hydroxylation is 1. The summed E-state index contributed by atoms with van der Waals surface area (Å²) in [7, 11) is 1.77. The van der Waals surface area contributed by atoms with Gasteiger partial charge in [0.05, 0.1) is 17.7 Å². The Morgan fingerprint density at radius 1 is 1.23 bits per heavy atom. The molecule has 168 valence electrons. The van der Waals surface area contributed by atoms with Crippen molar-refractivity contribution in [2.24, 2.45) is 7.05 Å². The van der Waals surface area contributed by atoms with Crippen LogP contribution in [0.5, 0.6) is 0 Å². The number of nitrogens with zero attached hydrogens (tertiary/aromatic N) is 4. The van der Waals surface area contributed by atoms with E-state index in [2.05, 4.69) is 39.8 Å². The van der Waals surface area contributed by atoms with Gasteiger partial charge >= 0.3 is 6.03 Å². The molecule has 2 fully saturated rings. The number of hydrogen-bond acceptors (Lipinski definition) is 6. The summed E-state index contributed by atoms with van der Waals surface area (Å²) >= 11 is 0. The number of urea groups is 1. The number of rotatable bonds is 4. The molecule has 11 heteroatoms. The normalized spacial score (nSPS) is 22.2. The van der Waals surface area contributed by atoms with Crippen LogP contribution in [0.25, 0.3) is 10.9 Å². The summed E-state index contributed by atoms with van der Waals surface area (Å²) in [6.07, 6.45) is 0.224. The zero-order valence-corrected chi connectivity index (χ0v) is 18.7. The van der Waals surface area contributed by atoms with E-state index in [1.54, 1.807) is 11.7 Å². The average molecular weight is 450 g/mol. The summed E-state index contributed by atoms with van der Waals surface area (Å²) in [5, 5.41) is 13.9. The lowest BCUT2D eigenvalue weighted by Crippen LogP contribution is -2.56. The van der Waals surface area contributed by atoms with Gasteiger partial charge in [-0.1, -0.05) is 6.07 Å². The standard InChI is InChI=1S/C20H27N7O3.ClH/c1-12-9-21-10-13(2)27(12)11-17(29)22-15-6-4-5-14-18(15)25(3)24-19(14)26-8-7-16(28)23-20(26)30;/h4-6,12-13,21H,7-11H2,1-3H3,(H,22,29)(H,23,28,30);1H/t12-,13+;. The Kier molecular flexibility index (Phi) is 6.83. The molecule has 4 rings (SSSR count). The third-order valence-electron chi connectivity index (χ3n) is 5.77. The van der Waals surface area contributed by atoms with Crippen LogP contribution in [0.4, 0.5) is 16.3 Å². The van der Waals surface area contributed by atoms with Gasteiger partial charge in [0.2, 0.25) is 11.8 Å². The number of anilines is 2. The number of benzene rings is 1. The number of fused-ring (bicyclic) bond motifs is 1. The maximum Gasteiger partial charge on any atom is 0.329 e. The highest BCUT2D eigenvalue weighted by Crippen LogP contribution is 2.31. The van der Waals surface area contributed by atoms with Crippen LogP contribution < -0.4 is 20.9 Å². The topological polar surface area (TPSA) is 112 Å². The van der Waals surface area contributed by atoms with Crippen molar-refractivity contribution in [3.63, 3.8) is 0 Å². The first-order chi connectivity index (χ1) is 14.3. The second-order valence-corrected chi connectivity index (χ2v) is 7.98. The molecule has 10 nitrogen and oxygen atoms in total. The minimum absolute atomic E-state index is 0. The average Bonchev–Trinajstić information content (AvgIpc) is 3.02. The zero-order chi connectivity index (χ0) is 21.4. The highest BCUT2D eigenvalue weighted by atomic mass is 35.5. The van der Waals surface area contributed by atoms with Crippen molar-refractivity contribution < 1.29 is 14.4 Å². The SMILES string of the molecule is C[C@@H]1CNC[C@H](C)N1CC(=O)Nc1cccc2c(N3CCC(=O)NC3=O)nn(C)c12.Cl. The first-order valence-corrected chi connectivity index (χ1v) is 10.2. The van der Waals surface area contributed by atoms with Gasteiger partial charge in [0, 0.05) is 50.6 Å². The smallest absolute Gasteiger partial charge is 0.323 e. The Labute approximate surface area is 186 Å². The van der Waals surface area contributed by atoms with E-state index in [4.69, 9.17) is 0 Å². The predicted octanol–water partition coefficient (Wildman–Crippen LogP) is 1.06. The van der Waals surface area contributed by atoms with Gasteiger partial charge in [0.25, 0.3) is 0 Å². The van der Waals surface area contributed by atoms with E-state index in [0.29, 0.717) is 18.1 Å². The van der Waals surface area contributed by atoms with E-state index in [-0.39, 0.29) is 49.3 Å².